The number of rotatable bonds is 3. The Labute approximate surface area is 137 Å². The van der Waals surface area contributed by atoms with Crippen molar-refractivity contribution in [1.29, 1.82) is 0 Å². The number of aromatic nitrogens is 1. The van der Waals surface area contributed by atoms with Crippen LogP contribution in [0.1, 0.15) is 5.56 Å². The van der Waals surface area contributed by atoms with Gasteiger partial charge in [0.05, 0.1) is 16.3 Å². The first-order valence-corrected chi connectivity index (χ1v) is 7.93. The van der Waals surface area contributed by atoms with Crippen molar-refractivity contribution in [3.8, 4) is 11.3 Å². The first kappa shape index (κ1) is 15.2. The van der Waals surface area contributed by atoms with Gasteiger partial charge in [0.2, 0.25) is 0 Å². The highest BCUT2D eigenvalue weighted by Gasteiger charge is 2.10. The SMILES string of the molecule is Cc1cccc(N=c2scc(-c3cccc([N+](=O)[O-])c3)n2C)c1. The molecule has 3 rings (SSSR count). The van der Waals surface area contributed by atoms with Crippen LogP contribution in [-0.2, 0) is 7.05 Å². The van der Waals surface area contributed by atoms with E-state index in [1.807, 2.05) is 54.3 Å². The van der Waals surface area contributed by atoms with E-state index in [9.17, 15) is 10.1 Å². The summed E-state index contributed by atoms with van der Waals surface area (Å²) in [6.45, 7) is 2.03. The Hall–Kier alpha value is -2.73. The Balaban J connectivity index is 2.06. The maximum atomic E-state index is 10.9. The first-order chi connectivity index (χ1) is 11.0. The molecule has 0 amide bonds. The molecule has 1 heterocycles. The van der Waals surface area contributed by atoms with Gasteiger partial charge in [-0.3, -0.25) is 10.1 Å². The molecule has 3 aromatic rings. The molecule has 1 aromatic heterocycles. The molecular weight excluding hydrogens is 310 g/mol. The van der Waals surface area contributed by atoms with Gasteiger partial charge in [-0.05, 0) is 24.6 Å². The molecule has 0 atom stereocenters. The third-order valence-corrected chi connectivity index (χ3v) is 4.42. The van der Waals surface area contributed by atoms with Crippen LogP contribution >= 0.6 is 11.3 Å². The molecular formula is C17H15N3O2S. The van der Waals surface area contributed by atoms with Crippen LogP contribution in [0, 0.1) is 17.0 Å². The zero-order chi connectivity index (χ0) is 16.4. The fourth-order valence-corrected chi connectivity index (χ4v) is 3.25. The highest BCUT2D eigenvalue weighted by molar-refractivity contribution is 7.07. The summed E-state index contributed by atoms with van der Waals surface area (Å²) in [6.07, 6.45) is 0. The smallest absolute Gasteiger partial charge is 0.270 e. The molecule has 0 bridgehead atoms. The summed E-state index contributed by atoms with van der Waals surface area (Å²) in [5, 5.41) is 12.9. The zero-order valence-corrected chi connectivity index (χ0v) is 13.6. The Morgan fingerprint density at radius 1 is 1.17 bits per heavy atom. The van der Waals surface area contributed by atoms with Gasteiger partial charge in [-0.15, -0.1) is 11.3 Å². The molecule has 5 nitrogen and oxygen atoms in total. The standard InChI is InChI=1S/C17H15N3O2S/c1-12-5-3-7-14(9-12)18-17-19(2)16(11-23-17)13-6-4-8-15(10-13)20(21)22/h3-11H,1-2H3. The molecule has 6 heteroatoms. The number of nitrogens with zero attached hydrogens (tertiary/aromatic N) is 3. The monoisotopic (exact) mass is 325 g/mol. The molecule has 0 spiro atoms. The minimum absolute atomic E-state index is 0.0888. The normalized spacial score (nSPS) is 11.7. The molecule has 0 radical (unpaired) electrons. The lowest BCUT2D eigenvalue weighted by Gasteiger charge is -2.03. The van der Waals surface area contributed by atoms with Gasteiger partial charge < -0.3 is 4.57 Å². The van der Waals surface area contributed by atoms with E-state index in [1.54, 1.807) is 12.1 Å². The van der Waals surface area contributed by atoms with Gasteiger partial charge >= 0.3 is 0 Å². The van der Waals surface area contributed by atoms with Crippen molar-refractivity contribution in [1.82, 2.24) is 4.57 Å². The van der Waals surface area contributed by atoms with Crippen LogP contribution in [0.2, 0.25) is 0 Å². The van der Waals surface area contributed by atoms with E-state index in [2.05, 4.69) is 4.99 Å². The van der Waals surface area contributed by atoms with Crippen molar-refractivity contribution in [2.45, 2.75) is 6.92 Å². The predicted molar refractivity (Wildman–Crippen MR) is 91.8 cm³/mol. The Kier molecular flexibility index (Phi) is 4.08. The first-order valence-electron chi connectivity index (χ1n) is 7.05. The fraction of sp³-hybridized carbons (Fsp3) is 0.118. The van der Waals surface area contributed by atoms with Gasteiger partial charge in [0.25, 0.3) is 5.69 Å². The predicted octanol–water partition coefficient (Wildman–Crippen LogP) is 4.20. The maximum Gasteiger partial charge on any atom is 0.270 e. The fourth-order valence-electron chi connectivity index (χ4n) is 2.32. The second-order valence-electron chi connectivity index (χ2n) is 5.22. The van der Waals surface area contributed by atoms with E-state index in [0.29, 0.717) is 0 Å². The van der Waals surface area contributed by atoms with Crippen molar-refractivity contribution in [2.75, 3.05) is 0 Å². The number of aryl methyl sites for hydroxylation is 1. The molecule has 0 N–H and O–H groups in total. The number of nitro benzene ring substituents is 1. The lowest BCUT2D eigenvalue weighted by molar-refractivity contribution is -0.384. The van der Waals surface area contributed by atoms with Crippen LogP contribution in [0.5, 0.6) is 0 Å². The second kappa shape index (κ2) is 6.18. The molecule has 0 saturated heterocycles. The zero-order valence-electron chi connectivity index (χ0n) is 12.8. The summed E-state index contributed by atoms with van der Waals surface area (Å²) < 4.78 is 1.95. The summed E-state index contributed by atoms with van der Waals surface area (Å²) in [4.78, 5) is 16.0. The van der Waals surface area contributed by atoms with Crippen LogP contribution < -0.4 is 4.80 Å². The van der Waals surface area contributed by atoms with Crippen LogP contribution in [0.25, 0.3) is 11.3 Å². The maximum absolute atomic E-state index is 10.9. The quantitative estimate of drug-likeness (QED) is 0.535. The summed E-state index contributed by atoms with van der Waals surface area (Å²) in [5.41, 5.74) is 3.86. The highest BCUT2D eigenvalue weighted by Crippen LogP contribution is 2.24. The van der Waals surface area contributed by atoms with Crippen molar-refractivity contribution in [3.05, 3.63) is 74.4 Å². The third kappa shape index (κ3) is 3.22. The van der Waals surface area contributed by atoms with E-state index >= 15 is 0 Å². The van der Waals surface area contributed by atoms with E-state index in [1.165, 1.54) is 17.4 Å². The molecule has 23 heavy (non-hydrogen) atoms. The summed E-state index contributed by atoms with van der Waals surface area (Å²) in [7, 11) is 1.92. The van der Waals surface area contributed by atoms with Gasteiger partial charge in [0, 0.05) is 30.1 Å². The average Bonchev–Trinajstić information content (AvgIpc) is 2.88. The van der Waals surface area contributed by atoms with Gasteiger partial charge in [-0.2, -0.15) is 0 Å². The second-order valence-corrected chi connectivity index (χ2v) is 6.06. The number of nitro groups is 1. The molecule has 0 aliphatic rings. The molecule has 0 saturated carbocycles. The Bertz CT molecular complexity index is 941. The van der Waals surface area contributed by atoms with Crippen molar-refractivity contribution in [3.63, 3.8) is 0 Å². The van der Waals surface area contributed by atoms with Gasteiger partial charge in [-0.25, -0.2) is 4.99 Å². The van der Waals surface area contributed by atoms with E-state index in [-0.39, 0.29) is 10.6 Å². The molecule has 0 aliphatic carbocycles. The molecule has 116 valence electrons. The van der Waals surface area contributed by atoms with Crippen molar-refractivity contribution >= 4 is 22.7 Å². The summed E-state index contributed by atoms with van der Waals surface area (Å²) in [6, 6.07) is 14.6. The topological polar surface area (TPSA) is 60.4 Å². The Morgan fingerprint density at radius 3 is 2.70 bits per heavy atom. The highest BCUT2D eigenvalue weighted by atomic mass is 32.1. The van der Waals surface area contributed by atoms with Crippen LogP contribution in [0.4, 0.5) is 11.4 Å². The van der Waals surface area contributed by atoms with E-state index < -0.39 is 0 Å². The van der Waals surface area contributed by atoms with Crippen LogP contribution in [0.15, 0.2) is 58.9 Å². The van der Waals surface area contributed by atoms with Crippen LogP contribution in [0.3, 0.4) is 0 Å². The molecule has 2 aromatic carbocycles. The van der Waals surface area contributed by atoms with Crippen LogP contribution in [-0.4, -0.2) is 9.49 Å². The van der Waals surface area contributed by atoms with Crippen molar-refractivity contribution in [2.24, 2.45) is 12.0 Å². The Morgan fingerprint density at radius 2 is 1.96 bits per heavy atom. The van der Waals surface area contributed by atoms with E-state index in [4.69, 9.17) is 0 Å². The lowest BCUT2D eigenvalue weighted by Crippen LogP contribution is -2.10. The van der Waals surface area contributed by atoms with Gasteiger partial charge in [-0.1, -0.05) is 24.3 Å². The number of hydrogen-bond donors (Lipinski definition) is 0. The summed E-state index contributed by atoms with van der Waals surface area (Å²) in [5.74, 6) is 0. The number of non-ortho nitro benzene ring substituents is 1. The number of thiazole rings is 1. The third-order valence-electron chi connectivity index (χ3n) is 3.50. The van der Waals surface area contributed by atoms with Crippen molar-refractivity contribution < 1.29 is 4.92 Å². The van der Waals surface area contributed by atoms with E-state index in [0.717, 1.165) is 27.3 Å². The van der Waals surface area contributed by atoms with Gasteiger partial charge in [0.1, 0.15) is 0 Å². The number of hydrogen-bond acceptors (Lipinski definition) is 4. The molecule has 0 fully saturated rings. The minimum Gasteiger partial charge on any atom is -0.320 e. The minimum atomic E-state index is -0.381. The lowest BCUT2D eigenvalue weighted by atomic mass is 10.1. The average molecular weight is 325 g/mol. The molecule has 0 unspecified atom stereocenters. The van der Waals surface area contributed by atoms with Gasteiger partial charge in [0.15, 0.2) is 4.80 Å². The largest absolute Gasteiger partial charge is 0.320 e. The molecule has 0 aliphatic heterocycles. The number of benzene rings is 2. The summed E-state index contributed by atoms with van der Waals surface area (Å²) >= 11 is 1.51.